The van der Waals surface area contributed by atoms with E-state index in [1.165, 1.54) is 18.2 Å². The van der Waals surface area contributed by atoms with Crippen molar-refractivity contribution in [2.75, 3.05) is 23.2 Å². The van der Waals surface area contributed by atoms with E-state index in [1.54, 1.807) is 13.8 Å². The Morgan fingerprint density at radius 3 is 2.42 bits per heavy atom. The maximum absolute atomic E-state index is 13.9. The van der Waals surface area contributed by atoms with Gasteiger partial charge in [0, 0.05) is 12.6 Å². The number of hydrogen-bond donors (Lipinski definition) is 2. The Balaban J connectivity index is 2.44. The summed E-state index contributed by atoms with van der Waals surface area (Å²) in [6.45, 7) is 4.09. The first-order valence-corrected chi connectivity index (χ1v) is 9.29. The summed E-state index contributed by atoms with van der Waals surface area (Å²) < 4.78 is 59.0. The molecule has 2 rings (SSSR count). The van der Waals surface area contributed by atoms with Gasteiger partial charge in [-0.3, -0.25) is 4.72 Å². The van der Waals surface area contributed by atoms with Crippen LogP contribution in [0, 0.1) is 11.6 Å². The molecule has 0 amide bonds. The second-order valence-corrected chi connectivity index (χ2v) is 6.84. The van der Waals surface area contributed by atoms with E-state index in [0.717, 1.165) is 12.1 Å². The molecule has 140 valence electrons. The fourth-order valence-corrected chi connectivity index (χ4v) is 3.34. The molecule has 2 aromatic rings. The van der Waals surface area contributed by atoms with E-state index in [1.807, 2.05) is 0 Å². The summed E-state index contributed by atoms with van der Waals surface area (Å²) in [5.74, 6) is -2.73. The lowest BCUT2D eigenvalue weighted by atomic mass is 10.1. The van der Waals surface area contributed by atoms with E-state index in [4.69, 9.17) is 4.74 Å². The SMILES string of the molecule is CCNc1ccc(C(=O)OCC)cc1NS(=O)(=O)c1ccc(F)cc1F. The van der Waals surface area contributed by atoms with Crippen molar-refractivity contribution in [2.45, 2.75) is 18.7 Å². The maximum Gasteiger partial charge on any atom is 0.338 e. The molecule has 0 aliphatic carbocycles. The molecule has 0 bridgehead atoms. The molecule has 0 radical (unpaired) electrons. The molecular formula is C17H18F2N2O4S. The zero-order valence-electron chi connectivity index (χ0n) is 14.2. The lowest BCUT2D eigenvalue weighted by Crippen LogP contribution is -2.17. The highest BCUT2D eigenvalue weighted by Gasteiger charge is 2.22. The number of rotatable bonds is 7. The summed E-state index contributed by atoms with van der Waals surface area (Å²) >= 11 is 0. The molecule has 0 fully saturated rings. The van der Waals surface area contributed by atoms with Crippen molar-refractivity contribution in [3.63, 3.8) is 0 Å². The number of halogens is 2. The molecule has 6 nitrogen and oxygen atoms in total. The highest BCUT2D eigenvalue weighted by Crippen LogP contribution is 2.27. The van der Waals surface area contributed by atoms with Crippen molar-refractivity contribution in [3.05, 3.63) is 53.6 Å². The first-order chi connectivity index (χ1) is 12.3. The van der Waals surface area contributed by atoms with Crippen LogP contribution in [0.1, 0.15) is 24.2 Å². The van der Waals surface area contributed by atoms with Crippen molar-refractivity contribution in [1.82, 2.24) is 0 Å². The number of carbonyl (C=O) groups is 1. The number of benzene rings is 2. The number of ether oxygens (including phenoxy) is 1. The van der Waals surface area contributed by atoms with Crippen LogP contribution in [0.25, 0.3) is 0 Å². The largest absolute Gasteiger partial charge is 0.462 e. The molecule has 0 aliphatic rings. The van der Waals surface area contributed by atoms with Gasteiger partial charge in [-0.05, 0) is 44.2 Å². The Labute approximate surface area is 150 Å². The van der Waals surface area contributed by atoms with Crippen LogP contribution in [0.15, 0.2) is 41.3 Å². The molecule has 2 N–H and O–H groups in total. The fourth-order valence-electron chi connectivity index (χ4n) is 2.21. The van der Waals surface area contributed by atoms with Gasteiger partial charge in [0.15, 0.2) is 0 Å². The van der Waals surface area contributed by atoms with Gasteiger partial charge in [0.1, 0.15) is 16.5 Å². The van der Waals surface area contributed by atoms with Crippen LogP contribution >= 0.6 is 0 Å². The van der Waals surface area contributed by atoms with Crippen LogP contribution in [0.4, 0.5) is 20.2 Å². The van der Waals surface area contributed by atoms with Crippen LogP contribution < -0.4 is 10.0 Å². The Hall–Kier alpha value is -2.68. The number of anilines is 2. The number of sulfonamides is 1. The minimum absolute atomic E-state index is 0.0427. The van der Waals surface area contributed by atoms with Gasteiger partial charge in [-0.2, -0.15) is 0 Å². The number of nitrogens with one attached hydrogen (secondary N) is 2. The van der Waals surface area contributed by atoms with E-state index in [9.17, 15) is 22.0 Å². The summed E-state index contributed by atoms with van der Waals surface area (Å²) in [5, 5.41) is 2.94. The third kappa shape index (κ3) is 4.48. The van der Waals surface area contributed by atoms with Gasteiger partial charge >= 0.3 is 5.97 Å². The summed E-state index contributed by atoms with van der Waals surface area (Å²) in [6, 6.07) is 6.43. The minimum atomic E-state index is -4.34. The third-order valence-electron chi connectivity index (χ3n) is 3.33. The van der Waals surface area contributed by atoms with E-state index >= 15 is 0 Å². The Morgan fingerprint density at radius 1 is 1.08 bits per heavy atom. The van der Waals surface area contributed by atoms with Crippen molar-refractivity contribution >= 4 is 27.4 Å². The Bertz CT molecular complexity index is 917. The van der Waals surface area contributed by atoms with Crippen LogP contribution in [-0.4, -0.2) is 27.5 Å². The van der Waals surface area contributed by atoms with Gasteiger partial charge in [0.25, 0.3) is 10.0 Å². The van der Waals surface area contributed by atoms with E-state index in [-0.39, 0.29) is 17.9 Å². The quantitative estimate of drug-likeness (QED) is 0.715. The average Bonchev–Trinajstić information content (AvgIpc) is 2.56. The van der Waals surface area contributed by atoms with Gasteiger partial charge in [0.05, 0.1) is 23.5 Å². The molecule has 0 saturated heterocycles. The molecule has 0 atom stereocenters. The number of esters is 1. The lowest BCUT2D eigenvalue weighted by Gasteiger charge is -2.15. The molecule has 0 heterocycles. The minimum Gasteiger partial charge on any atom is -0.462 e. The summed E-state index contributed by atoms with van der Waals surface area (Å²) in [6.07, 6.45) is 0. The van der Waals surface area contributed by atoms with E-state index < -0.39 is 32.5 Å². The molecule has 0 aromatic heterocycles. The highest BCUT2D eigenvalue weighted by molar-refractivity contribution is 7.92. The molecule has 0 spiro atoms. The molecule has 0 saturated carbocycles. The summed E-state index contributed by atoms with van der Waals surface area (Å²) in [4.78, 5) is 11.2. The van der Waals surface area contributed by atoms with Crippen molar-refractivity contribution < 1.29 is 26.7 Å². The molecule has 26 heavy (non-hydrogen) atoms. The summed E-state index contributed by atoms with van der Waals surface area (Å²) in [5.41, 5.74) is 0.568. The van der Waals surface area contributed by atoms with Crippen LogP contribution in [0.2, 0.25) is 0 Å². The molecule has 2 aromatic carbocycles. The standard InChI is InChI=1S/C17H18F2N2O4S/c1-3-20-14-7-5-11(17(22)25-4-2)9-15(14)21-26(23,24)16-8-6-12(18)10-13(16)19/h5-10,20-21H,3-4H2,1-2H3. The van der Waals surface area contributed by atoms with E-state index in [2.05, 4.69) is 10.0 Å². The number of carbonyl (C=O) groups excluding carboxylic acids is 1. The first-order valence-electron chi connectivity index (χ1n) is 7.81. The molecule has 0 aliphatic heterocycles. The normalized spacial score (nSPS) is 11.1. The van der Waals surface area contributed by atoms with Crippen molar-refractivity contribution in [1.29, 1.82) is 0 Å². The monoisotopic (exact) mass is 384 g/mol. The van der Waals surface area contributed by atoms with Crippen LogP contribution in [0.3, 0.4) is 0 Å². The van der Waals surface area contributed by atoms with Crippen molar-refractivity contribution in [3.8, 4) is 0 Å². The topological polar surface area (TPSA) is 84.5 Å². The fraction of sp³-hybridized carbons (Fsp3) is 0.235. The van der Waals surface area contributed by atoms with Gasteiger partial charge in [-0.1, -0.05) is 0 Å². The predicted octanol–water partition coefficient (Wildman–Crippen LogP) is 3.37. The second kappa shape index (κ2) is 8.13. The number of hydrogen-bond acceptors (Lipinski definition) is 5. The molecule has 9 heteroatoms. The van der Waals surface area contributed by atoms with E-state index in [0.29, 0.717) is 18.3 Å². The van der Waals surface area contributed by atoms with Gasteiger partial charge < -0.3 is 10.1 Å². The third-order valence-corrected chi connectivity index (χ3v) is 4.72. The van der Waals surface area contributed by atoms with Crippen LogP contribution in [0.5, 0.6) is 0 Å². The summed E-state index contributed by atoms with van der Waals surface area (Å²) in [7, 11) is -4.34. The van der Waals surface area contributed by atoms with Gasteiger partial charge in [-0.25, -0.2) is 22.0 Å². The Kier molecular flexibility index (Phi) is 6.14. The maximum atomic E-state index is 13.9. The zero-order valence-corrected chi connectivity index (χ0v) is 15.0. The van der Waals surface area contributed by atoms with Crippen LogP contribution in [-0.2, 0) is 14.8 Å². The molecule has 0 unspecified atom stereocenters. The first kappa shape index (κ1) is 19.6. The second-order valence-electron chi connectivity index (χ2n) is 5.19. The van der Waals surface area contributed by atoms with Crippen molar-refractivity contribution in [2.24, 2.45) is 0 Å². The average molecular weight is 384 g/mol. The Morgan fingerprint density at radius 2 is 1.81 bits per heavy atom. The van der Waals surface area contributed by atoms with Gasteiger partial charge in [-0.15, -0.1) is 0 Å². The lowest BCUT2D eigenvalue weighted by molar-refractivity contribution is 0.0526. The molecular weight excluding hydrogens is 366 g/mol. The highest BCUT2D eigenvalue weighted by atomic mass is 32.2. The zero-order chi connectivity index (χ0) is 19.3. The predicted molar refractivity (Wildman–Crippen MR) is 93.7 cm³/mol. The van der Waals surface area contributed by atoms with Gasteiger partial charge in [0.2, 0.25) is 0 Å². The smallest absolute Gasteiger partial charge is 0.338 e.